The molecule has 2 aromatic rings. The zero-order chi connectivity index (χ0) is 14.0. The van der Waals surface area contributed by atoms with Crippen LogP contribution in [0.4, 0.5) is 0 Å². The summed E-state index contributed by atoms with van der Waals surface area (Å²) in [5.41, 5.74) is 5.01. The summed E-state index contributed by atoms with van der Waals surface area (Å²) in [6.07, 6.45) is 0. The van der Waals surface area contributed by atoms with Crippen LogP contribution in [0.3, 0.4) is 0 Å². The molecular weight excluding hydrogens is 322 g/mol. The van der Waals surface area contributed by atoms with Crippen molar-refractivity contribution in [2.45, 2.75) is 19.9 Å². The van der Waals surface area contributed by atoms with Crippen LogP contribution < -0.4 is 5.32 Å². The molecule has 2 aromatic carbocycles. The average Bonchev–Trinajstić information content (AvgIpc) is 2.31. The SMILES string of the molecule is CNC(c1cc(Cl)cc(Br)c1)c1ccc(C)cc1C. The van der Waals surface area contributed by atoms with Crippen molar-refractivity contribution in [2.75, 3.05) is 7.05 Å². The minimum absolute atomic E-state index is 0.149. The molecule has 0 aliphatic carbocycles. The molecule has 19 heavy (non-hydrogen) atoms. The Hall–Kier alpha value is -0.830. The second-order valence-electron chi connectivity index (χ2n) is 4.78. The summed E-state index contributed by atoms with van der Waals surface area (Å²) in [6, 6.07) is 12.7. The number of hydrogen-bond acceptors (Lipinski definition) is 1. The van der Waals surface area contributed by atoms with E-state index in [4.69, 9.17) is 11.6 Å². The van der Waals surface area contributed by atoms with Gasteiger partial charge in [-0.15, -0.1) is 0 Å². The number of halogens is 2. The lowest BCUT2D eigenvalue weighted by molar-refractivity contribution is 0.687. The van der Waals surface area contributed by atoms with Crippen molar-refractivity contribution in [2.24, 2.45) is 0 Å². The summed E-state index contributed by atoms with van der Waals surface area (Å²) in [5, 5.41) is 4.11. The molecule has 0 amide bonds. The molecule has 1 N–H and O–H groups in total. The lowest BCUT2D eigenvalue weighted by Gasteiger charge is -2.20. The van der Waals surface area contributed by atoms with Gasteiger partial charge in [-0.2, -0.15) is 0 Å². The normalized spacial score (nSPS) is 12.5. The molecule has 1 nitrogen and oxygen atoms in total. The highest BCUT2D eigenvalue weighted by Gasteiger charge is 2.15. The summed E-state index contributed by atoms with van der Waals surface area (Å²) in [6.45, 7) is 4.26. The fraction of sp³-hybridized carbons (Fsp3) is 0.250. The van der Waals surface area contributed by atoms with Gasteiger partial charge in [-0.25, -0.2) is 0 Å². The Morgan fingerprint density at radius 3 is 2.42 bits per heavy atom. The van der Waals surface area contributed by atoms with Gasteiger partial charge in [0, 0.05) is 9.50 Å². The Morgan fingerprint density at radius 2 is 1.84 bits per heavy atom. The molecule has 0 heterocycles. The van der Waals surface area contributed by atoms with Gasteiger partial charge >= 0.3 is 0 Å². The van der Waals surface area contributed by atoms with Crippen molar-refractivity contribution in [3.05, 3.63) is 68.1 Å². The maximum Gasteiger partial charge on any atom is 0.0577 e. The highest BCUT2D eigenvalue weighted by atomic mass is 79.9. The molecule has 100 valence electrons. The van der Waals surface area contributed by atoms with Crippen molar-refractivity contribution >= 4 is 27.5 Å². The average molecular weight is 339 g/mol. The molecule has 0 saturated heterocycles. The van der Waals surface area contributed by atoms with Crippen LogP contribution in [0.25, 0.3) is 0 Å². The van der Waals surface area contributed by atoms with E-state index in [1.165, 1.54) is 16.7 Å². The standard InChI is InChI=1S/C16H17BrClN/c1-10-4-5-15(11(2)6-10)16(19-3)12-7-13(17)9-14(18)8-12/h4-9,16,19H,1-3H3. The highest BCUT2D eigenvalue weighted by Crippen LogP contribution is 2.29. The largest absolute Gasteiger partial charge is 0.309 e. The first kappa shape index (κ1) is 14.6. The Bertz CT molecular complexity index is 575. The van der Waals surface area contributed by atoms with Crippen molar-refractivity contribution in [1.29, 1.82) is 0 Å². The van der Waals surface area contributed by atoms with E-state index >= 15 is 0 Å². The lowest BCUT2D eigenvalue weighted by Crippen LogP contribution is -2.18. The fourth-order valence-electron chi connectivity index (χ4n) is 2.39. The van der Waals surface area contributed by atoms with Gasteiger partial charge in [0.1, 0.15) is 0 Å². The quantitative estimate of drug-likeness (QED) is 0.828. The summed E-state index contributed by atoms with van der Waals surface area (Å²) < 4.78 is 1.00. The van der Waals surface area contributed by atoms with Crippen LogP contribution in [0.5, 0.6) is 0 Å². The third-order valence-electron chi connectivity index (χ3n) is 3.24. The van der Waals surface area contributed by atoms with Gasteiger partial charge in [-0.05, 0) is 55.8 Å². The number of aryl methyl sites for hydroxylation is 2. The van der Waals surface area contributed by atoms with Crippen molar-refractivity contribution in [3.63, 3.8) is 0 Å². The van der Waals surface area contributed by atoms with E-state index in [2.05, 4.69) is 59.4 Å². The molecule has 0 aliphatic rings. The predicted octanol–water partition coefficient (Wildman–Crippen LogP) is 5.03. The van der Waals surface area contributed by atoms with Crippen molar-refractivity contribution in [1.82, 2.24) is 5.32 Å². The molecule has 0 aliphatic heterocycles. The van der Waals surface area contributed by atoms with Crippen LogP contribution in [0.15, 0.2) is 40.9 Å². The second-order valence-corrected chi connectivity index (χ2v) is 6.14. The molecular formula is C16H17BrClN. The first-order chi connectivity index (χ1) is 9.01. The van der Waals surface area contributed by atoms with Crippen LogP contribution in [0, 0.1) is 13.8 Å². The zero-order valence-electron chi connectivity index (χ0n) is 11.3. The molecule has 1 atom stereocenters. The van der Waals surface area contributed by atoms with E-state index in [-0.39, 0.29) is 6.04 Å². The maximum absolute atomic E-state index is 6.15. The molecule has 1 unspecified atom stereocenters. The van der Waals surface area contributed by atoms with Crippen LogP contribution in [0.2, 0.25) is 5.02 Å². The van der Waals surface area contributed by atoms with Crippen LogP contribution in [-0.2, 0) is 0 Å². The Morgan fingerprint density at radius 1 is 1.11 bits per heavy atom. The molecule has 0 fully saturated rings. The predicted molar refractivity (Wildman–Crippen MR) is 86.0 cm³/mol. The van der Waals surface area contributed by atoms with Crippen LogP contribution in [0.1, 0.15) is 28.3 Å². The van der Waals surface area contributed by atoms with E-state index in [0.717, 1.165) is 15.1 Å². The van der Waals surface area contributed by atoms with Crippen LogP contribution in [-0.4, -0.2) is 7.05 Å². The number of rotatable bonds is 3. The molecule has 0 spiro atoms. The second kappa shape index (κ2) is 6.08. The number of hydrogen-bond donors (Lipinski definition) is 1. The zero-order valence-corrected chi connectivity index (χ0v) is 13.6. The molecule has 0 saturated carbocycles. The third kappa shape index (κ3) is 3.38. The van der Waals surface area contributed by atoms with Gasteiger partial charge in [0.15, 0.2) is 0 Å². The van der Waals surface area contributed by atoms with Gasteiger partial charge in [0.05, 0.1) is 6.04 Å². The molecule has 3 heteroatoms. The molecule has 0 bridgehead atoms. The monoisotopic (exact) mass is 337 g/mol. The van der Waals surface area contributed by atoms with E-state index in [1.54, 1.807) is 0 Å². The Labute approximate surface area is 128 Å². The van der Waals surface area contributed by atoms with E-state index in [9.17, 15) is 0 Å². The van der Waals surface area contributed by atoms with Gasteiger partial charge in [0.25, 0.3) is 0 Å². The minimum atomic E-state index is 0.149. The fourth-order valence-corrected chi connectivity index (χ4v) is 3.28. The topological polar surface area (TPSA) is 12.0 Å². The first-order valence-corrected chi connectivity index (χ1v) is 7.39. The number of nitrogens with one attached hydrogen (secondary N) is 1. The van der Waals surface area contributed by atoms with Crippen molar-refractivity contribution in [3.8, 4) is 0 Å². The Kier molecular flexibility index (Phi) is 4.67. The Balaban J connectivity index is 2.49. The molecule has 0 radical (unpaired) electrons. The summed E-state index contributed by atoms with van der Waals surface area (Å²) in [4.78, 5) is 0. The first-order valence-electron chi connectivity index (χ1n) is 6.21. The summed E-state index contributed by atoms with van der Waals surface area (Å²) in [5.74, 6) is 0. The van der Waals surface area contributed by atoms with Crippen molar-refractivity contribution < 1.29 is 0 Å². The summed E-state index contributed by atoms with van der Waals surface area (Å²) in [7, 11) is 1.97. The smallest absolute Gasteiger partial charge is 0.0577 e. The van der Waals surface area contributed by atoms with E-state index in [1.807, 2.05) is 19.2 Å². The summed E-state index contributed by atoms with van der Waals surface area (Å²) >= 11 is 9.65. The van der Waals surface area contributed by atoms with E-state index in [0.29, 0.717) is 0 Å². The van der Waals surface area contributed by atoms with Gasteiger partial charge < -0.3 is 5.32 Å². The minimum Gasteiger partial charge on any atom is -0.309 e. The van der Waals surface area contributed by atoms with E-state index < -0.39 is 0 Å². The van der Waals surface area contributed by atoms with Gasteiger partial charge in [-0.3, -0.25) is 0 Å². The van der Waals surface area contributed by atoms with Crippen LogP contribution >= 0.6 is 27.5 Å². The van der Waals surface area contributed by atoms with Gasteiger partial charge in [-0.1, -0.05) is 51.3 Å². The van der Waals surface area contributed by atoms with Gasteiger partial charge in [0.2, 0.25) is 0 Å². The molecule has 2 rings (SSSR count). The maximum atomic E-state index is 6.15. The number of benzene rings is 2. The molecule has 0 aromatic heterocycles. The third-order valence-corrected chi connectivity index (χ3v) is 3.92. The highest BCUT2D eigenvalue weighted by molar-refractivity contribution is 9.10. The lowest BCUT2D eigenvalue weighted by atomic mass is 9.94.